The molecule has 1 aliphatic rings. The lowest BCUT2D eigenvalue weighted by atomic mass is 10.1. The summed E-state index contributed by atoms with van der Waals surface area (Å²) in [6.07, 6.45) is 5.62. The van der Waals surface area contributed by atoms with Gasteiger partial charge in [0.25, 0.3) is 0 Å². The summed E-state index contributed by atoms with van der Waals surface area (Å²) in [5.74, 6) is 0. The second-order valence-corrected chi connectivity index (χ2v) is 7.59. The highest BCUT2D eigenvalue weighted by molar-refractivity contribution is 7.89. The van der Waals surface area contributed by atoms with E-state index in [1.165, 1.54) is 4.31 Å². The molecule has 2 rings (SSSR count). The Bertz CT molecular complexity index is 539. The van der Waals surface area contributed by atoms with Crippen LogP contribution in [-0.4, -0.2) is 37.0 Å². The highest BCUT2D eigenvalue weighted by Crippen LogP contribution is 2.25. The molecule has 1 heterocycles. The van der Waals surface area contributed by atoms with Crippen LogP contribution in [0.25, 0.3) is 0 Å². The molecule has 4 nitrogen and oxygen atoms in total. The van der Waals surface area contributed by atoms with E-state index in [0.717, 1.165) is 44.1 Å². The minimum Gasteiger partial charge on any atom is -0.395 e. The molecule has 1 aromatic rings. The van der Waals surface area contributed by atoms with Crippen molar-refractivity contribution in [2.24, 2.45) is 0 Å². The number of sulfonamides is 1. The zero-order valence-electron chi connectivity index (χ0n) is 12.7. The first kappa shape index (κ1) is 16.5. The average molecular weight is 311 g/mol. The highest BCUT2D eigenvalue weighted by Gasteiger charge is 2.31. The summed E-state index contributed by atoms with van der Waals surface area (Å²) in [6, 6.07) is 6.89. The van der Waals surface area contributed by atoms with Crippen LogP contribution in [0.4, 0.5) is 0 Å². The fourth-order valence-corrected chi connectivity index (χ4v) is 4.59. The van der Waals surface area contributed by atoms with Crippen molar-refractivity contribution in [2.75, 3.05) is 13.2 Å². The van der Waals surface area contributed by atoms with Gasteiger partial charge in [-0.25, -0.2) is 8.42 Å². The normalized spacial score (nSPS) is 21.1. The van der Waals surface area contributed by atoms with Crippen molar-refractivity contribution in [3.05, 3.63) is 29.8 Å². The smallest absolute Gasteiger partial charge is 0.243 e. The van der Waals surface area contributed by atoms with Gasteiger partial charge < -0.3 is 5.11 Å². The number of hydrogen-bond acceptors (Lipinski definition) is 3. The van der Waals surface area contributed by atoms with Crippen molar-refractivity contribution >= 4 is 10.0 Å². The summed E-state index contributed by atoms with van der Waals surface area (Å²) in [7, 11) is -3.51. The lowest BCUT2D eigenvalue weighted by molar-refractivity contribution is 0.186. The van der Waals surface area contributed by atoms with Crippen LogP contribution in [-0.2, 0) is 16.4 Å². The Morgan fingerprint density at radius 2 is 1.90 bits per heavy atom. The van der Waals surface area contributed by atoms with E-state index < -0.39 is 10.0 Å². The van der Waals surface area contributed by atoms with Crippen molar-refractivity contribution in [1.82, 2.24) is 4.31 Å². The van der Waals surface area contributed by atoms with Crippen LogP contribution in [0.15, 0.2) is 29.2 Å². The molecule has 1 aliphatic heterocycles. The van der Waals surface area contributed by atoms with Crippen LogP contribution in [0, 0.1) is 0 Å². The summed E-state index contributed by atoms with van der Waals surface area (Å²) < 4.78 is 27.1. The zero-order valence-corrected chi connectivity index (χ0v) is 13.5. The molecule has 1 unspecified atom stereocenters. The van der Waals surface area contributed by atoms with Crippen molar-refractivity contribution in [3.63, 3.8) is 0 Å². The van der Waals surface area contributed by atoms with E-state index >= 15 is 0 Å². The van der Waals surface area contributed by atoms with E-state index in [1.54, 1.807) is 12.1 Å². The molecule has 1 fully saturated rings. The lowest BCUT2D eigenvalue weighted by Gasteiger charge is -2.27. The van der Waals surface area contributed by atoms with Gasteiger partial charge in [-0.3, -0.25) is 0 Å². The number of aliphatic hydroxyl groups excluding tert-OH is 1. The molecule has 0 aliphatic carbocycles. The Morgan fingerprint density at radius 3 is 2.52 bits per heavy atom. The molecule has 21 heavy (non-hydrogen) atoms. The van der Waals surface area contributed by atoms with E-state index in [4.69, 9.17) is 0 Å². The molecule has 0 spiro atoms. The first-order chi connectivity index (χ1) is 10.1. The second-order valence-electron chi connectivity index (χ2n) is 5.70. The molecule has 0 saturated carbocycles. The third-order valence-corrected chi connectivity index (χ3v) is 6.07. The number of aliphatic hydroxyl groups is 1. The summed E-state index contributed by atoms with van der Waals surface area (Å²) in [6.45, 7) is 2.51. The predicted octanol–water partition coefficient (Wildman–Crippen LogP) is 2.56. The molecule has 0 radical (unpaired) electrons. The van der Waals surface area contributed by atoms with Crippen molar-refractivity contribution in [2.45, 2.75) is 56.4 Å². The van der Waals surface area contributed by atoms with Crippen LogP contribution >= 0.6 is 0 Å². The first-order valence-corrected chi connectivity index (χ1v) is 9.25. The summed E-state index contributed by atoms with van der Waals surface area (Å²) in [5, 5.41) is 9.50. The summed E-state index contributed by atoms with van der Waals surface area (Å²) in [5.41, 5.74) is 1.16. The van der Waals surface area contributed by atoms with Crippen LogP contribution in [0.1, 0.15) is 44.6 Å². The van der Waals surface area contributed by atoms with Crippen LogP contribution in [0.3, 0.4) is 0 Å². The minimum atomic E-state index is -3.51. The van der Waals surface area contributed by atoms with E-state index in [2.05, 4.69) is 6.92 Å². The van der Waals surface area contributed by atoms with Crippen molar-refractivity contribution in [3.8, 4) is 0 Å². The van der Waals surface area contributed by atoms with Crippen LogP contribution in [0.5, 0.6) is 0 Å². The van der Waals surface area contributed by atoms with Gasteiger partial charge in [0.1, 0.15) is 0 Å². The van der Waals surface area contributed by atoms with Gasteiger partial charge >= 0.3 is 0 Å². The molecule has 118 valence electrons. The maximum atomic E-state index is 12.8. The predicted molar refractivity (Wildman–Crippen MR) is 83.7 cm³/mol. The number of nitrogens with zero attached hydrogens (tertiary/aromatic N) is 1. The number of benzene rings is 1. The third-order valence-electron chi connectivity index (χ3n) is 4.10. The molecule has 1 saturated heterocycles. The quantitative estimate of drug-likeness (QED) is 0.909. The molecule has 5 heteroatoms. The molecule has 1 atom stereocenters. The highest BCUT2D eigenvalue weighted by atomic mass is 32.2. The maximum absolute atomic E-state index is 12.8. The van der Waals surface area contributed by atoms with E-state index in [-0.39, 0.29) is 12.6 Å². The zero-order chi connectivity index (χ0) is 15.3. The summed E-state index contributed by atoms with van der Waals surface area (Å²) in [4.78, 5) is 0.336. The Balaban J connectivity index is 2.26. The number of aryl methyl sites for hydroxylation is 1. The fourth-order valence-electron chi connectivity index (χ4n) is 2.90. The van der Waals surface area contributed by atoms with Gasteiger partial charge in [-0.2, -0.15) is 4.31 Å². The van der Waals surface area contributed by atoms with Crippen LogP contribution in [0.2, 0.25) is 0 Å². The molecule has 1 aromatic carbocycles. The average Bonchev–Trinajstić information content (AvgIpc) is 2.73. The third kappa shape index (κ3) is 3.84. The summed E-state index contributed by atoms with van der Waals surface area (Å²) >= 11 is 0. The molecular weight excluding hydrogens is 286 g/mol. The van der Waals surface area contributed by atoms with E-state index in [1.807, 2.05) is 12.1 Å². The van der Waals surface area contributed by atoms with Crippen molar-refractivity contribution < 1.29 is 13.5 Å². The molecular formula is C16H25NO3S. The maximum Gasteiger partial charge on any atom is 0.243 e. The molecule has 1 N–H and O–H groups in total. The van der Waals surface area contributed by atoms with Gasteiger partial charge in [0.2, 0.25) is 10.0 Å². The minimum absolute atomic E-state index is 0.104. The Kier molecular flexibility index (Phi) is 5.79. The fraction of sp³-hybridized carbons (Fsp3) is 0.625. The van der Waals surface area contributed by atoms with Gasteiger partial charge in [-0.05, 0) is 37.0 Å². The van der Waals surface area contributed by atoms with E-state index in [9.17, 15) is 13.5 Å². The van der Waals surface area contributed by atoms with Gasteiger partial charge in [-0.1, -0.05) is 38.3 Å². The van der Waals surface area contributed by atoms with Gasteiger partial charge in [-0.15, -0.1) is 0 Å². The van der Waals surface area contributed by atoms with Gasteiger partial charge in [0, 0.05) is 12.6 Å². The number of rotatable bonds is 5. The van der Waals surface area contributed by atoms with Crippen LogP contribution < -0.4 is 0 Å². The standard InChI is InChI=1S/C16H25NO3S/c1-2-6-14-8-10-16(11-9-14)21(19,20)17-12-5-3-4-7-15(17)13-18/h8-11,15,18H,2-7,12-13H2,1H3. The second kappa shape index (κ2) is 7.38. The largest absolute Gasteiger partial charge is 0.395 e. The number of hydrogen-bond donors (Lipinski definition) is 1. The lowest BCUT2D eigenvalue weighted by Crippen LogP contribution is -2.42. The van der Waals surface area contributed by atoms with Gasteiger partial charge in [0.15, 0.2) is 0 Å². The monoisotopic (exact) mass is 311 g/mol. The van der Waals surface area contributed by atoms with Crippen molar-refractivity contribution in [1.29, 1.82) is 0 Å². The topological polar surface area (TPSA) is 57.6 Å². The Hall–Kier alpha value is -0.910. The Labute approximate surface area is 127 Å². The molecule has 0 aromatic heterocycles. The van der Waals surface area contributed by atoms with Gasteiger partial charge in [0.05, 0.1) is 11.5 Å². The molecule has 0 bridgehead atoms. The molecule has 0 amide bonds. The first-order valence-electron chi connectivity index (χ1n) is 7.81. The van der Waals surface area contributed by atoms with E-state index in [0.29, 0.717) is 11.4 Å². The SMILES string of the molecule is CCCc1ccc(S(=O)(=O)N2CCCCCC2CO)cc1. The Morgan fingerprint density at radius 1 is 1.19 bits per heavy atom.